The number of amides is 1. The molecule has 0 saturated carbocycles. The first kappa shape index (κ1) is 17.0. The van der Waals surface area contributed by atoms with Gasteiger partial charge in [-0.1, -0.05) is 11.6 Å². The summed E-state index contributed by atoms with van der Waals surface area (Å²) in [5.74, 6) is -0.646. The van der Waals surface area contributed by atoms with Crippen LogP contribution in [0.2, 0.25) is 0 Å². The number of aliphatic carboxylic acids is 1. The lowest BCUT2D eigenvalue weighted by Crippen LogP contribution is -2.46. The van der Waals surface area contributed by atoms with Crippen molar-refractivity contribution in [3.63, 3.8) is 0 Å². The van der Waals surface area contributed by atoms with Gasteiger partial charge in [0.25, 0.3) is 5.91 Å². The number of methoxy groups -OCH3 is 1. The Kier molecular flexibility index (Phi) is 5.35. The Labute approximate surface area is 125 Å². The fraction of sp³-hybridized carbons (Fsp3) is 0.500. The van der Waals surface area contributed by atoms with E-state index >= 15 is 0 Å². The Morgan fingerprint density at radius 2 is 1.90 bits per heavy atom. The number of ether oxygens (including phenoxy) is 1. The van der Waals surface area contributed by atoms with Gasteiger partial charge in [-0.2, -0.15) is 0 Å². The Morgan fingerprint density at radius 3 is 2.38 bits per heavy atom. The molecule has 0 fully saturated rings. The van der Waals surface area contributed by atoms with Gasteiger partial charge < -0.3 is 14.7 Å². The first-order valence-corrected chi connectivity index (χ1v) is 6.85. The number of carboxylic acid groups (broad SMARTS) is 1. The summed E-state index contributed by atoms with van der Waals surface area (Å²) in [6.45, 7) is 7.71. The van der Waals surface area contributed by atoms with Crippen LogP contribution in [0.5, 0.6) is 5.75 Å². The standard InChI is InChI=1S/C16H23NO4/c1-11-6-7-13(21-5)12(10-11)15(20)17(16(2,3)4)9-8-14(18)19/h6-7,10H,8-9H2,1-5H3,(H,18,19). The fourth-order valence-electron chi connectivity index (χ4n) is 2.08. The normalized spacial score (nSPS) is 11.1. The Bertz CT molecular complexity index is 532. The van der Waals surface area contributed by atoms with Crippen LogP contribution in [0.4, 0.5) is 0 Å². The Hall–Kier alpha value is -2.04. The monoisotopic (exact) mass is 293 g/mol. The van der Waals surface area contributed by atoms with E-state index in [1.165, 1.54) is 7.11 Å². The Balaban J connectivity index is 3.16. The van der Waals surface area contributed by atoms with Gasteiger partial charge in [0.1, 0.15) is 5.75 Å². The molecule has 0 aliphatic rings. The minimum Gasteiger partial charge on any atom is -0.496 e. The highest BCUT2D eigenvalue weighted by Gasteiger charge is 2.29. The van der Waals surface area contributed by atoms with Crippen LogP contribution in [-0.2, 0) is 4.79 Å². The molecule has 116 valence electrons. The maximum Gasteiger partial charge on any atom is 0.305 e. The molecular formula is C16H23NO4. The molecule has 0 aliphatic carbocycles. The average molecular weight is 293 g/mol. The van der Waals surface area contributed by atoms with E-state index in [4.69, 9.17) is 9.84 Å². The van der Waals surface area contributed by atoms with Gasteiger partial charge in [0.15, 0.2) is 0 Å². The van der Waals surface area contributed by atoms with E-state index in [0.29, 0.717) is 11.3 Å². The van der Waals surface area contributed by atoms with Crippen molar-refractivity contribution in [1.29, 1.82) is 0 Å². The summed E-state index contributed by atoms with van der Waals surface area (Å²) in [5.41, 5.74) is 0.936. The van der Waals surface area contributed by atoms with Crippen LogP contribution in [0.1, 0.15) is 43.1 Å². The maximum atomic E-state index is 12.8. The van der Waals surface area contributed by atoms with Crippen LogP contribution < -0.4 is 4.74 Å². The zero-order chi connectivity index (χ0) is 16.2. The van der Waals surface area contributed by atoms with Crippen molar-refractivity contribution >= 4 is 11.9 Å². The predicted molar refractivity (Wildman–Crippen MR) is 80.8 cm³/mol. The van der Waals surface area contributed by atoms with Gasteiger partial charge in [-0.15, -0.1) is 0 Å². The number of carbonyl (C=O) groups excluding carboxylic acids is 1. The number of hydrogen-bond donors (Lipinski definition) is 1. The summed E-state index contributed by atoms with van der Waals surface area (Å²) < 4.78 is 5.25. The first-order chi connectivity index (χ1) is 9.66. The molecule has 0 radical (unpaired) electrons. The SMILES string of the molecule is COc1ccc(C)cc1C(=O)N(CCC(=O)O)C(C)(C)C. The summed E-state index contributed by atoms with van der Waals surface area (Å²) in [6.07, 6.45) is -0.0862. The van der Waals surface area contributed by atoms with Crippen molar-refractivity contribution in [2.45, 2.75) is 39.7 Å². The molecule has 0 aliphatic heterocycles. The smallest absolute Gasteiger partial charge is 0.305 e. The van der Waals surface area contributed by atoms with Crippen molar-refractivity contribution in [3.8, 4) is 5.75 Å². The van der Waals surface area contributed by atoms with Crippen LogP contribution >= 0.6 is 0 Å². The summed E-state index contributed by atoms with van der Waals surface area (Å²) in [4.78, 5) is 25.2. The number of carbonyl (C=O) groups is 2. The van der Waals surface area contributed by atoms with Gasteiger partial charge in [0.05, 0.1) is 19.1 Å². The van der Waals surface area contributed by atoms with E-state index in [0.717, 1.165) is 5.56 Å². The van der Waals surface area contributed by atoms with E-state index < -0.39 is 11.5 Å². The first-order valence-electron chi connectivity index (χ1n) is 6.85. The lowest BCUT2D eigenvalue weighted by atomic mass is 10.0. The van der Waals surface area contributed by atoms with Gasteiger partial charge in [0, 0.05) is 12.1 Å². The molecule has 0 bridgehead atoms. The number of rotatable bonds is 5. The molecule has 5 nitrogen and oxygen atoms in total. The minimum absolute atomic E-state index is 0.0862. The predicted octanol–water partition coefficient (Wildman–Crippen LogP) is 2.72. The zero-order valence-electron chi connectivity index (χ0n) is 13.3. The molecule has 0 atom stereocenters. The molecule has 0 saturated heterocycles. The molecule has 0 unspecified atom stereocenters. The van der Waals surface area contributed by atoms with Gasteiger partial charge in [-0.3, -0.25) is 9.59 Å². The summed E-state index contributed by atoms with van der Waals surface area (Å²) in [6, 6.07) is 5.38. The third-order valence-corrected chi connectivity index (χ3v) is 3.19. The van der Waals surface area contributed by atoms with E-state index in [9.17, 15) is 9.59 Å². The van der Waals surface area contributed by atoms with Crippen LogP contribution in [-0.4, -0.2) is 41.1 Å². The summed E-state index contributed by atoms with van der Waals surface area (Å²) in [7, 11) is 1.51. The van der Waals surface area contributed by atoms with Gasteiger partial charge >= 0.3 is 5.97 Å². The highest BCUT2D eigenvalue weighted by Crippen LogP contribution is 2.25. The summed E-state index contributed by atoms with van der Waals surface area (Å²) >= 11 is 0. The van der Waals surface area contributed by atoms with Crippen molar-refractivity contribution in [3.05, 3.63) is 29.3 Å². The topological polar surface area (TPSA) is 66.8 Å². The Morgan fingerprint density at radius 1 is 1.29 bits per heavy atom. The largest absolute Gasteiger partial charge is 0.496 e. The van der Waals surface area contributed by atoms with Crippen LogP contribution in [0.3, 0.4) is 0 Å². The van der Waals surface area contributed by atoms with Crippen molar-refractivity contribution < 1.29 is 19.4 Å². The third-order valence-electron chi connectivity index (χ3n) is 3.19. The van der Waals surface area contributed by atoms with Gasteiger partial charge in [-0.05, 0) is 39.8 Å². The molecule has 1 aromatic carbocycles. The second-order valence-electron chi connectivity index (χ2n) is 5.98. The lowest BCUT2D eigenvalue weighted by molar-refractivity contribution is -0.137. The molecule has 1 N–H and O–H groups in total. The van der Waals surface area contributed by atoms with Crippen molar-refractivity contribution in [2.75, 3.05) is 13.7 Å². The van der Waals surface area contributed by atoms with E-state index in [1.54, 1.807) is 17.0 Å². The minimum atomic E-state index is -0.923. The van der Waals surface area contributed by atoms with E-state index in [2.05, 4.69) is 0 Å². The maximum absolute atomic E-state index is 12.8. The molecule has 21 heavy (non-hydrogen) atoms. The van der Waals surface area contributed by atoms with Crippen molar-refractivity contribution in [2.24, 2.45) is 0 Å². The number of aryl methyl sites for hydroxylation is 1. The lowest BCUT2D eigenvalue weighted by Gasteiger charge is -2.35. The molecule has 1 aromatic rings. The van der Waals surface area contributed by atoms with Crippen molar-refractivity contribution in [1.82, 2.24) is 4.90 Å². The molecule has 0 spiro atoms. The zero-order valence-corrected chi connectivity index (χ0v) is 13.3. The third kappa shape index (κ3) is 4.48. The molecule has 1 amide bonds. The van der Waals surface area contributed by atoms with Crippen LogP contribution in [0.15, 0.2) is 18.2 Å². The molecular weight excluding hydrogens is 270 g/mol. The van der Waals surface area contributed by atoms with Gasteiger partial charge in [0.2, 0.25) is 0 Å². The number of nitrogens with zero attached hydrogens (tertiary/aromatic N) is 1. The van der Waals surface area contributed by atoms with E-state index in [1.807, 2.05) is 33.8 Å². The highest BCUT2D eigenvalue weighted by atomic mass is 16.5. The molecule has 1 rings (SSSR count). The number of hydrogen-bond acceptors (Lipinski definition) is 3. The quantitative estimate of drug-likeness (QED) is 0.906. The highest BCUT2D eigenvalue weighted by molar-refractivity contribution is 5.97. The molecule has 5 heteroatoms. The number of benzene rings is 1. The fourth-order valence-corrected chi connectivity index (χ4v) is 2.08. The average Bonchev–Trinajstić information content (AvgIpc) is 2.36. The van der Waals surface area contributed by atoms with Crippen LogP contribution in [0.25, 0.3) is 0 Å². The molecule has 0 aromatic heterocycles. The van der Waals surface area contributed by atoms with E-state index in [-0.39, 0.29) is 18.9 Å². The number of carboxylic acids is 1. The van der Waals surface area contributed by atoms with Crippen LogP contribution in [0, 0.1) is 6.92 Å². The second-order valence-corrected chi connectivity index (χ2v) is 5.98. The van der Waals surface area contributed by atoms with Gasteiger partial charge in [-0.25, -0.2) is 0 Å². The second kappa shape index (κ2) is 6.61. The molecule has 0 heterocycles. The summed E-state index contributed by atoms with van der Waals surface area (Å²) in [5, 5.41) is 8.86.